The van der Waals surface area contributed by atoms with Gasteiger partial charge in [-0.15, -0.1) is 0 Å². The van der Waals surface area contributed by atoms with E-state index in [0.29, 0.717) is 35.7 Å². The van der Waals surface area contributed by atoms with Gasteiger partial charge in [0.15, 0.2) is 0 Å². The zero-order valence-corrected chi connectivity index (χ0v) is 21.4. The number of ether oxygens (including phenoxy) is 2. The third-order valence-corrected chi connectivity index (χ3v) is 7.04. The van der Waals surface area contributed by atoms with E-state index in [-0.39, 0.29) is 24.0 Å². The third kappa shape index (κ3) is 4.79. The number of Topliss-reactive ketones (excluding diaryl/α,β-unsaturated/α-hetero) is 1. The molecule has 1 N–H and O–H groups in total. The van der Waals surface area contributed by atoms with Gasteiger partial charge in [0.25, 0.3) is 11.7 Å². The number of rotatable bonds is 7. The molecule has 1 aromatic heterocycles. The van der Waals surface area contributed by atoms with Gasteiger partial charge in [-0.1, -0.05) is 42.5 Å². The number of benzene rings is 3. The Bertz CT molecular complexity index is 1560. The number of nitrogens with zero attached hydrogens (tertiary/aromatic N) is 1. The van der Waals surface area contributed by atoms with Crippen molar-refractivity contribution >= 4 is 17.4 Å². The number of likely N-dealkylation sites (tertiary alicyclic amines) is 1. The third-order valence-electron chi connectivity index (χ3n) is 7.04. The lowest BCUT2D eigenvalue weighted by Gasteiger charge is -2.25. The molecule has 1 saturated heterocycles. The Morgan fingerprint density at radius 2 is 1.85 bits per heavy atom. The number of furan rings is 1. The van der Waals surface area contributed by atoms with Crippen LogP contribution in [0.25, 0.3) is 5.76 Å². The Balaban J connectivity index is 1.40. The number of amides is 1. The summed E-state index contributed by atoms with van der Waals surface area (Å²) in [5.41, 5.74) is 3.10. The maximum Gasteiger partial charge on any atom is 0.296 e. The second kappa shape index (κ2) is 10.2. The lowest BCUT2D eigenvalue weighted by molar-refractivity contribution is -0.140. The number of carbonyl (C=O) groups excluding carboxylic acids is 2. The van der Waals surface area contributed by atoms with Gasteiger partial charge in [-0.3, -0.25) is 9.59 Å². The van der Waals surface area contributed by atoms with E-state index in [1.54, 1.807) is 30.3 Å². The zero-order chi connectivity index (χ0) is 26.9. The average Bonchev–Trinajstić information content (AvgIpc) is 3.66. The normalized spacial score (nSPS) is 19.7. The molecule has 39 heavy (non-hydrogen) atoms. The minimum Gasteiger partial charge on any atom is -0.507 e. The summed E-state index contributed by atoms with van der Waals surface area (Å²) < 4.78 is 17.3. The smallest absolute Gasteiger partial charge is 0.296 e. The second-order valence-corrected chi connectivity index (χ2v) is 9.81. The van der Waals surface area contributed by atoms with E-state index in [9.17, 15) is 14.7 Å². The van der Waals surface area contributed by atoms with Crippen LogP contribution in [-0.4, -0.2) is 27.8 Å². The molecule has 2 aliphatic rings. The number of aliphatic hydroxyl groups excluding tert-OH is 1. The van der Waals surface area contributed by atoms with Crippen LogP contribution in [0.3, 0.4) is 0 Å². The lowest BCUT2D eigenvalue weighted by Crippen LogP contribution is -2.29. The Morgan fingerprint density at radius 1 is 1.00 bits per heavy atom. The summed E-state index contributed by atoms with van der Waals surface area (Å²) in [6.07, 6.45) is 2.26. The first-order chi connectivity index (χ1) is 19.0. The van der Waals surface area contributed by atoms with E-state index < -0.39 is 17.7 Å². The van der Waals surface area contributed by atoms with Gasteiger partial charge in [0, 0.05) is 12.0 Å². The van der Waals surface area contributed by atoms with Crippen molar-refractivity contribution in [3.8, 4) is 11.5 Å². The molecule has 4 aromatic rings. The highest BCUT2D eigenvalue weighted by Crippen LogP contribution is 2.42. The molecule has 2 atom stereocenters. The molecule has 0 spiro atoms. The maximum atomic E-state index is 13.4. The molecule has 3 heterocycles. The van der Waals surface area contributed by atoms with Gasteiger partial charge < -0.3 is 23.9 Å². The highest BCUT2D eigenvalue weighted by atomic mass is 16.5. The lowest BCUT2D eigenvalue weighted by atomic mass is 9.94. The number of hydrogen-bond donors (Lipinski definition) is 1. The van der Waals surface area contributed by atoms with E-state index in [4.69, 9.17) is 13.9 Å². The monoisotopic (exact) mass is 521 g/mol. The van der Waals surface area contributed by atoms with Crippen LogP contribution in [0.1, 0.15) is 41.0 Å². The summed E-state index contributed by atoms with van der Waals surface area (Å²) in [6.45, 7) is 2.42. The van der Waals surface area contributed by atoms with Crippen LogP contribution >= 0.6 is 0 Å². The SMILES string of the molecule is C[C@H]1Cc2cc(/C(O)=C3\C(=O)C(=O)N(Cc4ccco4)[C@@H]3c3cccc(OCc4ccccc4)c3)ccc2O1. The highest BCUT2D eigenvalue weighted by molar-refractivity contribution is 6.46. The fourth-order valence-electron chi connectivity index (χ4n) is 5.20. The highest BCUT2D eigenvalue weighted by Gasteiger charge is 2.46. The van der Waals surface area contributed by atoms with Crippen LogP contribution in [0.2, 0.25) is 0 Å². The summed E-state index contributed by atoms with van der Waals surface area (Å²) in [4.78, 5) is 28.2. The molecular formula is C32H27NO6. The summed E-state index contributed by atoms with van der Waals surface area (Å²) in [7, 11) is 0. The maximum absolute atomic E-state index is 13.4. The molecular weight excluding hydrogens is 494 g/mol. The van der Waals surface area contributed by atoms with Gasteiger partial charge >= 0.3 is 0 Å². The molecule has 6 rings (SSSR count). The van der Waals surface area contributed by atoms with Crippen molar-refractivity contribution < 1.29 is 28.6 Å². The van der Waals surface area contributed by atoms with Crippen LogP contribution in [0.5, 0.6) is 11.5 Å². The Morgan fingerprint density at radius 3 is 2.64 bits per heavy atom. The number of carbonyl (C=O) groups is 2. The second-order valence-electron chi connectivity index (χ2n) is 9.81. The predicted octanol–water partition coefficient (Wildman–Crippen LogP) is 5.80. The van der Waals surface area contributed by atoms with Crippen molar-refractivity contribution in [1.29, 1.82) is 0 Å². The average molecular weight is 522 g/mol. The predicted molar refractivity (Wildman–Crippen MR) is 144 cm³/mol. The summed E-state index contributed by atoms with van der Waals surface area (Å²) >= 11 is 0. The van der Waals surface area contributed by atoms with Crippen molar-refractivity contribution in [2.24, 2.45) is 0 Å². The molecule has 0 aliphatic carbocycles. The molecule has 3 aromatic carbocycles. The van der Waals surface area contributed by atoms with Crippen LogP contribution in [0.4, 0.5) is 0 Å². The molecule has 0 radical (unpaired) electrons. The fourth-order valence-corrected chi connectivity index (χ4v) is 5.20. The van der Waals surface area contributed by atoms with Gasteiger partial charge in [0.1, 0.15) is 35.7 Å². The van der Waals surface area contributed by atoms with E-state index >= 15 is 0 Å². The number of fused-ring (bicyclic) bond motifs is 1. The molecule has 1 amide bonds. The topological polar surface area (TPSA) is 89.2 Å². The standard InChI is InChI=1S/C32H27NO6/c1-20-15-24-16-23(12-13-27(24)39-20)30(34)28-29(33(32(36)31(28)35)18-26-11-6-14-37-26)22-9-5-10-25(17-22)38-19-21-7-3-2-4-8-21/h2-14,16-17,20,29,34H,15,18-19H2,1H3/b30-28+/t20-,29+/m0/s1. The molecule has 0 unspecified atom stereocenters. The van der Waals surface area contributed by atoms with Crippen LogP contribution in [-0.2, 0) is 29.2 Å². The summed E-state index contributed by atoms with van der Waals surface area (Å²) in [5, 5.41) is 11.5. The van der Waals surface area contributed by atoms with Gasteiger partial charge in [0.05, 0.1) is 24.4 Å². The van der Waals surface area contributed by atoms with Crippen molar-refractivity contribution in [3.63, 3.8) is 0 Å². The molecule has 196 valence electrons. The van der Waals surface area contributed by atoms with Crippen molar-refractivity contribution in [2.75, 3.05) is 0 Å². The molecule has 1 fully saturated rings. The van der Waals surface area contributed by atoms with Gasteiger partial charge in [-0.05, 0) is 66.1 Å². The Labute approximate surface area is 225 Å². The number of aliphatic hydroxyl groups is 1. The van der Waals surface area contributed by atoms with E-state index in [2.05, 4.69) is 0 Å². The van der Waals surface area contributed by atoms with Crippen molar-refractivity contribution in [2.45, 2.75) is 38.6 Å². The minimum atomic E-state index is -0.834. The number of ketones is 1. The molecule has 7 nitrogen and oxygen atoms in total. The van der Waals surface area contributed by atoms with Gasteiger partial charge in [0.2, 0.25) is 0 Å². The Kier molecular flexibility index (Phi) is 6.40. The zero-order valence-electron chi connectivity index (χ0n) is 21.4. The van der Waals surface area contributed by atoms with Crippen LogP contribution in [0.15, 0.2) is 101 Å². The fraction of sp³-hybridized carbons (Fsp3) is 0.188. The van der Waals surface area contributed by atoms with Gasteiger partial charge in [-0.25, -0.2) is 0 Å². The first kappa shape index (κ1) is 24.6. The summed E-state index contributed by atoms with van der Waals surface area (Å²) in [6, 6.07) is 25.0. The van der Waals surface area contributed by atoms with Crippen LogP contribution < -0.4 is 9.47 Å². The molecule has 0 bridgehead atoms. The molecule has 0 saturated carbocycles. The first-order valence-electron chi connectivity index (χ1n) is 12.9. The first-order valence-corrected chi connectivity index (χ1v) is 12.9. The molecule has 2 aliphatic heterocycles. The van der Waals surface area contributed by atoms with Gasteiger partial charge in [-0.2, -0.15) is 0 Å². The summed E-state index contributed by atoms with van der Waals surface area (Å²) in [5.74, 6) is 0.206. The van der Waals surface area contributed by atoms with Crippen molar-refractivity contribution in [3.05, 3.63) is 125 Å². The number of hydrogen-bond acceptors (Lipinski definition) is 6. The van der Waals surface area contributed by atoms with Crippen molar-refractivity contribution in [1.82, 2.24) is 4.90 Å². The molecule has 7 heteroatoms. The quantitative estimate of drug-likeness (QED) is 0.188. The Hall–Kier alpha value is -4.78. The van der Waals surface area contributed by atoms with E-state index in [1.807, 2.05) is 61.5 Å². The van der Waals surface area contributed by atoms with E-state index in [0.717, 1.165) is 16.9 Å². The largest absolute Gasteiger partial charge is 0.507 e. The van der Waals surface area contributed by atoms with Crippen LogP contribution in [0, 0.1) is 0 Å². The van der Waals surface area contributed by atoms with E-state index in [1.165, 1.54) is 11.2 Å². The minimum absolute atomic E-state index is 0.0266.